The Morgan fingerprint density at radius 3 is 2.70 bits per heavy atom. The average molecular weight is 364 g/mol. The lowest BCUT2D eigenvalue weighted by Crippen LogP contribution is -2.38. The predicted octanol–water partition coefficient (Wildman–Crippen LogP) is 3.16. The number of rotatable bonds is 4. The Kier molecular flexibility index (Phi) is 4.82. The van der Waals surface area contributed by atoms with Crippen molar-refractivity contribution in [2.45, 2.75) is 18.8 Å². The lowest BCUT2D eigenvalue weighted by atomic mass is 9.95. The molecular formula is C20H20N4O3. The fourth-order valence-corrected chi connectivity index (χ4v) is 3.29. The van der Waals surface area contributed by atoms with Gasteiger partial charge in [-0.15, -0.1) is 0 Å². The molecule has 27 heavy (non-hydrogen) atoms. The first-order valence-electron chi connectivity index (χ1n) is 8.92. The third kappa shape index (κ3) is 3.67. The molecule has 1 saturated heterocycles. The molecule has 0 radical (unpaired) electrons. The second-order valence-corrected chi connectivity index (χ2v) is 6.49. The highest BCUT2D eigenvalue weighted by molar-refractivity contribution is 5.94. The minimum atomic E-state index is 0.0259. The first-order valence-corrected chi connectivity index (χ1v) is 8.92. The number of amides is 1. The highest BCUT2D eigenvalue weighted by Gasteiger charge is 2.27. The van der Waals surface area contributed by atoms with E-state index in [0.717, 1.165) is 18.4 Å². The molecule has 1 aliphatic rings. The zero-order chi connectivity index (χ0) is 18.6. The van der Waals surface area contributed by atoms with E-state index in [1.807, 2.05) is 35.2 Å². The van der Waals surface area contributed by atoms with Gasteiger partial charge in [0, 0.05) is 42.5 Å². The number of carbonyl (C=O) groups is 1. The number of pyridine rings is 1. The van der Waals surface area contributed by atoms with Gasteiger partial charge in [-0.25, -0.2) is 0 Å². The zero-order valence-electron chi connectivity index (χ0n) is 15.0. The number of ether oxygens (including phenoxy) is 1. The number of benzene rings is 1. The van der Waals surface area contributed by atoms with Gasteiger partial charge < -0.3 is 14.2 Å². The third-order valence-electron chi connectivity index (χ3n) is 4.83. The Bertz CT molecular complexity index is 918. The van der Waals surface area contributed by atoms with Crippen LogP contribution in [0, 0.1) is 0 Å². The van der Waals surface area contributed by atoms with Gasteiger partial charge in [-0.3, -0.25) is 9.78 Å². The van der Waals surface area contributed by atoms with Crippen molar-refractivity contribution in [3.63, 3.8) is 0 Å². The number of hydrogen-bond donors (Lipinski definition) is 0. The second-order valence-electron chi connectivity index (χ2n) is 6.49. The molecule has 0 spiro atoms. The van der Waals surface area contributed by atoms with Crippen LogP contribution in [-0.4, -0.2) is 46.1 Å². The summed E-state index contributed by atoms with van der Waals surface area (Å²) in [4.78, 5) is 23.1. The van der Waals surface area contributed by atoms with Crippen molar-refractivity contribution in [3.8, 4) is 17.2 Å². The summed E-state index contributed by atoms with van der Waals surface area (Å²) in [5.41, 5.74) is 1.50. The maximum absolute atomic E-state index is 12.7. The van der Waals surface area contributed by atoms with Crippen molar-refractivity contribution < 1.29 is 14.1 Å². The molecule has 1 amide bonds. The summed E-state index contributed by atoms with van der Waals surface area (Å²) < 4.78 is 10.6. The van der Waals surface area contributed by atoms with Crippen molar-refractivity contribution >= 4 is 5.91 Å². The lowest BCUT2D eigenvalue weighted by Gasteiger charge is -2.30. The Morgan fingerprint density at radius 2 is 1.96 bits per heavy atom. The minimum absolute atomic E-state index is 0.0259. The number of carbonyl (C=O) groups excluding carboxylic acids is 1. The van der Waals surface area contributed by atoms with Crippen LogP contribution >= 0.6 is 0 Å². The van der Waals surface area contributed by atoms with Gasteiger partial charge in [-0.05, 0) is 43.2 Å². The van der Waals surface area contributed by atoms with Crippen molar-refractivity contribution in [2.24, 2.45) is 0 Å². The molecule has 4 rings (SSSR count). The van der Waals surface area contributed by atoms with Gasteiger partial charge in [0.05, 0.1) is 7.11 Å². The average Bonchev–Trinajstić information content (AvgIpc) is 3.24. The van der Waals surface area contributed by atoms with Gasteiger partial charge in [0.15, 0.2) is 5.82 Å². The monoisotopic (exact) mass is 364 g/mol. The maximum atomic E-state index is 12.7. The molecule has 2 aromatic heterocycles. The van der Waals surface area contributed by atoms with E-state index in [9.17, 15) is 4.79 Å². The van der Waals surface area contributed by atoms with Crippen molar-refractivity contribution in [3.05, 3.63) is 60.2 Å². The summed E-state index contributed by atoms with van der Waals surface area (Å²) in [5.74, 6) is 2.11. The topological polar surface area (TPSA) is 81.4 Å². The number of hydrogen-bond acceptors (Lipinski definition) is 6. The first kappa shape index (κ1) is 17.2. The molecule has 1 aromatic carbocycles. The molecule has 0 N–H and O–H groups in total. The fraction of sp³-hybridized carbons (Fsp3) is 0.300. The third-order valence-corrected chi connectivity index (χ3v) is 4.83. The molecule has 0 unspecified atom stereocenters. The molecule has 0 atom stereocenters. The van der Waals surface area contributed by atoms with Gasteiger partial charge >= 0.3 is 0 Å². The Balaban J connectivity index is 1.40. The smallest absolute Gasteiger partial charge is 0.258 e. The summed E-state index contributed by atoms with van der Waals surface area (Å²) in [7, 11) is 1.60. The molecule has 0 bridgehead atoms. The SMILES string of the molecule is COc1cccc(C(=O)N2CCC(c3noc(-c4ccncc4)n3)CC2)c1. The number of aromatic nitrogens is 3. The largest absolute Gasteiger partial charge is 0.497 e. The highest BCUT2D eigenvalue weighted by atomic mass is 16.5. The molecular weight excluding hydrogens is 344 g/mol. The van der Waals surface area contributed by atoms with E-state index >= 15 is 0 Å². The molecule has 0 aliphatic carbocycles. The van der Waals surface area contributed by atoms with Crippen LogP contribution in [-0.2, 0) is 0 Å². The Morgan fingerprint density at radius 1 is 1.19 bits per heavy atom. The maximum Gasteiger partial charge on any atom is 0.258 e. The summed E-state index contributed by atoms with van der Waals surface area (Å²) in [6.45, 7) is 1.33. The molecule has 3 heterocycles. The summed E-state index contributed by atoms with van der Waals surface area (Å²) in [6.07, 6.45) is 5.01. The standard InChI is InChI=1S/C20H20N4O3/c1-26-17-4-2-3-16(13-17)20(25)24-11-7-14(8-12-24)18-22-19(27-23-18)15-5-9-21-10-6-15/h2-6,9-10,13-14H,7-8,11-12H2,1H3. The van der Waals surface area contributed by atoms with Crippen LogP contribution < -0.4 is 4.74 Å². The van der Waals surface area contributed by atoms with Gasteiger partial charge in [0.1, 0.15) is 5.75 Å². The van der Waals surface area contributed by atoms with Crippen LogP contribution in [0.4, 0.5) is 0 Å². The first-order chi connectivity index (χ1) is 13.2. The Labute approximate surface area is 157 Å². The lowest BCUT2D eigenvalue weighted by molar-refractivity contribution is 0.0710. The molecule has 138 valence electrons. The van der Waals surface area contributed by atoms with Crippen LogP contribution in [0.2, 0.25) is 0 Å². The van der Waals surface area contributed by atoms with Gasteiger partial charge in [0.25, 0.3) is 11.8 Å². The van der Waals surface area contributed by atoms with Crippen molar-refractivity contribution in [1.29, 1.82) is 0 Å². The number of piperidine rings is 1. The van der Waals surface area contributed by atoms with Crippen LogP contribution in [0.5, 0.6) is 5.75 Å². The van der Waals surface area contributed by atoms with Crippen LogP contribution in [0.1, 0.15) is 34.9 Å². The molecule has 1 aliphatic heterocycles. The van der Waals surface area contributed by atoms with E-state index in [1.165, 1.54) is 0 Å². The van der Waals surface area contributed by atoms with Gasteiger partial charge in [0.2, 0.25) is 0 Å². The van der Waals surface area contributed by atoms with E-state index in [1.54, 1.807) is 25.6 Å². The molecule has 7 nitrogen and oxygen atoms in total. The minimum Gasteiger partial charge on any atom is -0.497 e. The van der Waals surface area contributed by atoms with Crippen molar-refractivity contribution in [2.75, 3.05) is 20.2 Å². The molecule has 3 aromatic rings. The molecule has 1 fully saturated rings. The van der Waals surface area contributed by atoms with Crippen molar-refractivity contribution in [1.82, 2.24) is 20.0 Å². The molecule has 0 saturated carbocycles. The quantitative estimate of drug-likeness (QED) is 0.707. The van der Waals surface area contributed by atoms with E-state index in [4.69, 9.17) is 9.26 Å². The van der Waals surface area contributed by atoms with E-state index < -0.39 is 0 Å². The summed E-state index contributed by atoms with van der Waals surface area (Å²) in [6, 6.07) is 10.9. The Hall–Kier alpha value is -3.22. The predicted molar refractivity (Wildman–Crippen MR) is 98.4 cm³/mol. The van der Waals surface area contributed by atoms with Gasteiger partial charge in [-0.2, -0.15) is 4.98 Å². The van der Waals surface area contributed by atoms with E-state index in [2.05, 4.69) is 15.1 Å². The fourth-order valence-electron chi connectivity index (χ4n) is 3.29. The van der Waals surface area contributed by atoms with Gasteiger partial charge in [-0.1, -0.05) is 11.2 Å². The zero-order valence-corrected chi connectivity index (χ0v) is 15.0. The molecule has 7 heteroatoms. The summed E-state index contributed by atoms with van der Waals surface area (Å²) >= 11 is 0. The summed E-state index contributed by atoms with van der Waals surface area (Å²) in [5, 5.41) is 4.14. The second kappa shape index (κ2) is 7.57. The van der Waals surface area contributed by atoms with Crippen LogP contribution in [0.3, 0.4) is 0 Å². The normalized spacial score (nSPS) is 14.9. The van der Waals surface area contributed by atoms with Crippen LogP contribution in [0.15, 0.2) is 53.3 Å². The number of likely N-dealkylation sites (tertiary alicyclic amines) is 1. The highest BCUT2D eigenvalue weighted by Crippen LogP contribution is 2.28. The van der Waals surface area contributed by atoms with E-state index in [-0.39, 0.29) is 11.8 Å². The number of nitrogens with zero attached hydrogens (tertiary/aromatic N) is 4. The van der Waals surface area contributed by atoms with Crippen LogP contribution in [0.25, 0.3) is 11.5 Å². The van der Waals surface area contributed by atoms with E-state index in [0.29, 0.717) is 36.1 Å². The number of methoxy groups -OCH3 is 1.